The molecular weight excluding hydrogens is 172 g/mol. The van der Waals surface area contributed by atoms with Crippen LogP contribution >= 0.6 is 0 Å². The highest BCUT2D eigenvalue weighted by molar-refractivity contribution is 5.82. The summed E-state index contributed by atoms with van der Waals surface area (Å²) in [7, 11) is 0. The smallest absolute Gasteiger partial charge is 0.224 e. The first-order valence-electron chi connectivity index (χ1n) is 3.59. The van der Waals surface area contributed by atoms with Gasteiger partial charge in [0.05, 0.1) is 0 Å². The van der Waals surface area contributed by atoms with Crippen LogP contribution in [0.25, 0.3) is 11.2 Å². The number of hydrogen-bond donors (Lipinski definition) is 4. The van der Waals surface area contributed by atoms with Gasteiger partial charge in [-0.2, -0.15) is 9.97 Å². The van der Waals surface area contributed by atoms with E-state index in [4.69, 9.17) is 16.6 Å². The van der Waals surface area contributed by atoms with Crippen LogP contribution in [-0.4, -0.2) is 25.0 Å². The van der Waals surface area contributed by atoms with Crippen molar-refractivity contribution >= 4 is 22.9 Å². The number of aliphatic hydroxyl groups excluding tert-OH is 1. The zero-order chi connectivity index (χ0) is 9.42. The molecule has 0 spiro atoms. The molecule has 68 valence electrons. The number of aromatic nitrogens is 4. The number of nitrogens with one attached hydrogen (secondary N) is 1. The Labute approximate surface area is 72.8 Å². The Kier molecular flexibility index (Phi) is 1.52. The summed E-state index contributed by atoms with van der Waals surface area (Å²) in [4.78, 5) is 14.3. The molecule has 2 rings (SSSR count). The van der Waals surface area contributed by atoms with Gasteiger partial charge in [0.25, 0.3) is 0 Å². The first-order chi connectivity index (χ1) is 6.20. The number of H-pyrrole nitrogens is 1. The minimum atomic E-state index is -0.199. The van der Waals surface area contributed by atoms with E-state index < -0.39 is 0 Å². The molecule has 13 heavy (non-hydrogen) atoms. The lowest BCUT2D eigenvalue weighted by atomic mass is 10.5. The number of anilines is 2. The van der Waals surface area contributed by atoms with Crippen LogP contribution < -0.4 is 11.5 Å². The number of imidazole rings is 1. The Balaban J connectivity index is 2.75. The standard InChI is InChI=1S/C6H8N6O/c7-4-3-5(12-6(8)11-4)10-2(1-13)9-3/h13H,1H2,(H5,7,8,9,10,11,12). The number of hydrogen-bond acceptors (Lipinski definition) is 6. The average Bonchev–Trinajstić information content (AvgIpc) is 2.47. The molecule has 0 fully saturated rings. The number of nitrogen functional groups attached to an aromatic ring is 2. The summed E-state index contributed by atoms with van der Waals surface area (Å²) in [6.07, 6.45) is 0. The van der Waals surface area contributed by atoms with Crippen molar-refractivity contribution in [2.45, 2.75) is 6.61 Å². The van der Waals surface area contributed by atoms with Crippen LogP contribution in [0, 0.1) is 0 Å². The van der Waals surface area contributed by atoms with Gasteiger partial charge in [-0.25, -0.2) is 4.98 Å². The summed E-state index contributed by atoms with van der Waals surface area (Å²) in [5.41, 5.74) is 11.8. The SMILES string of the molecule is Nc1nc(N)c2[nH]c(CO)nc2n1. The van der Waals surface area contributed by atoms with E-state index >= 15 is 0 Å². The minimum Gasteiger partial charge on any atom is -0.388 e. The van der Waals surface area contributed by atoms with Crippen LogP contribution in [0.15, 0.2) is 0 Å². The summed E-state index contributed by atoms with van der Waals surface area (Å²) in [6.45, 7) is -0.199. The molecule has 7 heteroatoms. The van der Waals surface area contributed by atoms with E-state index in [1.165, 1.54) is 0 Å². The summed E-state index contributed by atoms with van der Waals surface area (Å²) in [5.74, 6) is 0.692. The molecule has 0 amide bonds. The molecule has 0 saturated heterocycles. The quantitative estimate of drug-likeness (QED) is 0.446. The average molecular weight is 180 g/mol. The van der Waals surface area contributed by atoms with E-state index in [1.54, 1.807) is 0 Å². The lowest BCUT2D eigenvalue weighted by molar-refractivity contribution is 0.273. The zero-order valence-corrected chi connectivity index (χ0v) is 6.65. The van der Waals surface area contributed by atoms with Crippen molar-refractivity contribution in [3.63, 3.8) is 0 Å². The van der Waals surface area contributed by atoms with Crippen LogP contribution in [-0.2, 0) is 6.61 Å². The number of fused-ring (bicyclic) bond motifs is 1. The fraction of sp³-hybridized carbons (Fsp3) is 0.167. The highest BCUT2D eigenvalue weighted by atomic mass is 16.3. The minimum absolute atomic E-state index is 0.0704. The predicted octanol–water partition coefficient (Wildman–Crippen LogP) is -0.990. The van der Waals surface area contributed by atoms with Crippen molar-refractivity contribution in [3.05, 3.63) is 5.82 Å². The van der Waals surface area contributed by atoms with Gasteiger partial charge in [0.15, 0.2) is 11.5 Å². The Morgan fingerprint density at radius 1 is 1.23 bits per heavy atom. The lowest BCUT2D eigenvalue weighted by Gasteiger charge is -1.94. The number of rotatable bonds is 1. The molecule has 0 bridgehead atoms. The molecule has 0 aromatic carbocycles. The van der Waals surface area contributed by atoms with Gasteiger partial charge >= 0.3 is 0 Å². The monoisotopic (exact) mass is 180 g/mol. The second kappa shape index (κ2) is 2.56. The highest BCUT2D eigenvalue weighted by Crippen LogP contribution is 2.15. The van der Waals surface area contributed by atoms with Crippen LogP contribution in [0.1, 0.15) is 5.82 Å². The van der Waals surface area contributed by atoms with E-state index in [9.17, 15) is 0 Å². The summed E-state index contributed by atoms with van der Waals surface area (Å²) >= 11 is 0. The van der Waals surface area contributed by atoms with E-state index in [2.05, 4.69) is 19.9 Å². The lowest BCUT2D eigenvalue weighted by Crippen LogP contribution is -1.99. The maximum absolute atomic E-state index is 8.78. The van der Waals surface area contributed by atoms with Gasteiger partial charge in [0.2, 0.25) is 5.95 Å². The topological polar surface area (TPSA) is 127 Å². The molecule has 0 radical (unpaired) electrons. The van der Waals surface area contributed by atoms with Crippen molar-refractivity contribution in [1.29, 1.82) is 0 Å². The van der Waals surface area contributed by atoms with Crippen molar-refractivity contribution in [2.75, 3.05) is 11.5 Å². The zero-order valence-electron chi connectivity index (χ0n) is 6.65. The van der Waals surface area contributed by atoms with E-state index in [-0.39, 0.29) is 18.4 Å². The van der Waals surface area contributed by atoms with Crippen LogP contribution in [0.2, 0.25) is 0 Å². The summed E-state index contributed by atoms with van der Waals surface area (Å²) in [6, 6.07) is 0. The molecule has 0 saturated carbocycles. The predicted molar refractivity (Wildman–Crippen MR) is 46.4 cm³/mol. The van der Waals surface area contributed by atoms with Gasteiger partial charge in [-0.1, -0.05) is 0 Å². The van der Waals surface area contributed by atoms with E-state index in [0.717, 1.165) is 0 Å². The molecule has 0 aliphatic heterocycles. The fourth-order valence-corrected chi connectivity index (χ4v) is 1.06. The molecule has 7 nitrogen and oxygen atoms in total. The number of aliphatic hydroxyl groups is 1. The van der Waals surface area contributed by atoms with Gasteiger partial charge in [0.1, 0.15) is 17.9 Å². The molecule has 0 aliphatic rings. The van der Waals surface area contributed by atoms with Gasteiger partial charge in [-0.05, 0) is 0 Å². The molecule has 0 aliphatic carbocycles. The molecule has 6 N–H and O–H groups in total. The number of nitrogens with two attached hydrogens (primary N) is 2. The number of aromatic amines is 1. The van der Waals surface area contributed by atoms with Gasteiger partial charge in [-0.15, -0.1) is 0 Å². The summed E-state index contributed by atoms with van der Waals surface area (Å²) < 4.78 is 0. The Bertz CT molecular complexity index is 450. The Morgan fingerprint density at radius 3 is 2.69 bits per heavy atom. The largest absolute Gasteiger partial charge is 0.388 e. The van der Waals surface area contributed by atoms with Crippen LogP contribution in [0.3, 0.4) is 0 Å². The molecule has 0 unspecified atom stereocenters. The number of nitrogens with zero attached hydrogens (tertiary/aromatic N) is 3. The highest BCUT2D eigenvalue weighted by Gasteiger charge is 2.07. The maximum Gasteiger partial charge on any atom is 0.224 e. The third kappa shape index (κ3) is 1.14. The molecule has 2 aromatic heterocycles. The fourth-order valence-electron chi connectivity index (χ4n) is 1.06. The first kappa shape index (κ1) is 7.74. The van der Waals surface area contributed by atoms with Crippen molar-refractivity contribution in [1.82, 2.24) is 19.9 Å². The maximum atomic E-state index is 8.78. The van der Waals surface area contributed by atoms with E-state index in [0.29, 0.717) is 17.0 Å². The van der Waals surface area contributed by atoms with Gasteiger partial charge in [0, 0.05) is 0 Å². The summed E-state index contributed by atoms with van der Waals surface area (Å²) in [5, 5.41) is 8.78. The van der Waals surface area contributed by atoms with E-state index in [1.807, 2.05) is 0 Å². The normalized spacial score (nSPS) is 10.8. The third-order valence-electron chi connectivity index (χ3n) is 1.60. The van der Waals surface area contributed by atoms with Crippen molar-refractivity contribution in [3.8, 4) is 0 Å². The van der Waals surface area contributed by atoms with Gasteiger partial charge in [-0.3, -0.25) is 0 Å². The van der Waals surface area contributed by atoms with Crippen LogP contribution in [0.4, 0.5) is 11.8 Å². The Morgan fingerprint density at radius 2 is 2.00 bits per heavy atom. The molecule has 0 atom stereocenters. The van der Waals surface area contributed by atoms with Crippen molar-refractivity contribution < 1.29 is 5.11 Å². The Hall–Kier alpha value is -1.89. The second-order valence-electron chi connectivity index (χ2n) is 2.51. The van der Waals surface area contributed by atoms with Crippen LogP contribution in [0.5, 0.6) is 0 Å². The molecule has 2 heterocycles. The first-order valence-corrected chi connectivity index (χ1v) is 3.59. The van der Waals surface area contributed by atoms with Crippen molar-refractivity contribution in [2.24, 2.45) is 0 Å². The third-order valence-corrected chi connectivity index (χ3v) is 1.60. The molecular formula is C6H8N6O. The molecule has 2 aromatic rings. The second-order valence-corrected chi connectivity index (χ2v) is 2.51. The van der Waals surface area contributed by atoms with Gasteiger partial charge < -0.3 is 21.6 Å².